The van der Waals surface area contributed by atoms with Gasteiger partial charge >= 0.3 is 0 Å². The van der Waals surface area contributed by atoms with E-state index >= 15 is 0 Å². The van der Waals surface area contributed by atoms with Crippen molar-refractivity contribution >= 4 is 17.9 Å². The number of nitrogen functional groups attached to an aromatic ring is 1. The molecule has 0 saturated carbocycles. The number of hydrogen-bond donors (Lipinski definition) is 2. The first-order chi connectivity index (χ1) is 12.6. The number of pyridine rings is 1. The highest BCUT2D eigenvalue weighted by Gasteiger charge is 2.24. The molecule has 1 amide bonds. The molecule has 0 aromatic carbocycles. The van der Waals surface area contributed by atoms with Crippen LogP contribution in [0.3, 0.4) is 0 Å². The molecule has 0 aliphatic carbocycles. The lowest BCUT2D eigenvalue weighted by Gasteiger charge is -2.11. The molecule has 12 nitrogen and oxygen atoms in total. The molecule has 0 fully saturated rings. The molecule has 0 radical (unpaired) electrons. The van der Waals surface area contributed by atoms with Crippen LogP contribution in [0.4, 0.5) is 5.82 Å². The second-order valence-electron chi connectivity index (χ2n) is 5.49. The molecule has 3 rings (SSSR count). The average molecular weight is 356 g/mol. The molecule has 0 unspecified atom stereocenters. The van der Waals surface area contributed by atoms with E-state index in [0.29, 0.717) is 12.2 Å². The van der Waals surface area contributed by atoms with E-state index in [9.17, 15) is 4.79 Å². The molecule has 0 atom stereocenters. The number of rotatable bonds is 6. The van der Waals surface area contributed by atoms with Crippen molar-refractivity contribution in [3.63, 3.8) is 0 Å². The Balaban J connectivity index is 1.84. The van der Waals surface area contributed by atoms with Crippen LogP contribution in [0.15, 0.2) is 34.3 Å². The van der Waals surface area contributed by atoms with Crippen molar-refractivity contribution in [1.29, 1.82) is 0 Å². The molecule has 0 saturated heterocycles. The van der Waals surface area contributed by atoms with Crippen molar-refractivity contribution < 1.29 is 9.42 Å². The van der Waals surface area contributed by atoms with Crippen LogP contribution in [0.1, 0.15) is 21.7 Å². The van der Waals surface area contributed by atoms with Gasteiger partial charge in [0, 0.05) is 18.9 Å². The van der Waals surface area contributed by atoms with Gasteiger partial charge in [-0.15, -0.1) is 5.10 Å². The summed E-state index contributed by atoms with van der Waals surface area (Å²) < 4.78 is 5.90. The van der Waals surface area contributed by atoms with Gasteiger partial charge in [0.15, 0.2) is 5.69 Å². The largest absolute Gasteiger partial charge is 0.378 e. The third-order valence-electron chi connectivity index (χ3n) is 3.23. The highest BCUT2D eigenvalue weighted by molar-refractivity contribution is 5.94. The Morgan fingerprint density at radius 1 is 1.38 bits per heavy atom. The van der Waals surface area contributed by atoms with E-state index in [0.717, 1.165) is 5.56 Å². The Bertz CT molecular complexity index is 915. The predicted molar refractivity (Wildman–Crippen MR) is 90.3 cm³/mol. The molecule has 3 N–H and O–H groups in total. The fourth-order valence-corrected chi connectivity index (χ4v) is 2.10. The molecule has 134 valence electrons. The Morgan fingerprint density at radius 2 is 2.15 bits per heavy atom. The van der Waals surface area contributed by atoms with Gasteiger partial charge in [-0.05, 0) is 42.1 Å². The Labute approximate surface area is 147 Å². The minimum atomic E-state index is -0.520. The number of aromatic nitrogens is 6. The molecule has 26 heavy (non-hydrogen) atoms. The lowest BCUT2D eigenvalue weighted by Crippen LogP contribution is -2.23. The van der Waals surface area contributed by atoms with Crippen LogP contribution < -0.4 is 11.2 Å². The van der Waals surface area contributed by atoms with Crippen LogP contribution in [0, 0.1) is 0 Å². The van der Waals surface area contributed by atoms with Gasteiger partial charge < -0.3 is 10.6 Å². The van der Waals surface area contributed by atoms with Gasteiger partial charge in [-0.2, -0.15) is 9.78 Å². The predicted octanol–water partition coefficient (Wildman–Crippen LogP) is -0.547. The summed E-state index contributed by atoms with van der Waals surface area (Å²) in [4.78, 5) is 18.2. The molecular weight excluding hydrogens is 340 g/mol. The van der Waals surface area contributed by atoms with Crippen LogP contribution in [-0.2, 0) is 6.54 Å². The van der Waals surface area contributed by atoms with Crippen molar-refractivity contribution in [3.05, 3.63) is 41.5 Å². The molecule has 3 heterocycles. The number of amides is 1. The van der Waals surface area contributed by atoms with Crippen LogP contribution in [0.25, 0.3) is 5.82 Å². The van der Waals surface area contributed by atoms with Crippen LogP contribution in [0.5, 0.6) is 0 Å². The number of carbonyl (C=O) groups excluding carboxylic acids is 1. The topological polar surface area (TPSA) is 153 Å². The van der Waals surface area contributed by atoms with Crippen LogP contribution in [0.2, 0.25) is 0 Å². The molecule has 3 aromatic rings. The second kappa shape index (κ2) is 7.48. The van der Waals surface area contributed by atoms with Crippen molar-refractivity contribution in [1.82, 2.24) is 40.6 Å². The normalized spacial score (nSPS) is 11.3. The lowest BCUT2D eigenvalue weighted by atomic mass is 10.3. The van der Waals surface area contributed by atoms with E-state index in [4.69, 9.17) is 5.73 Å². The first-order valence-corrected chi connectivity index (χ1v) is 7.47. The maximum atomic E-state index is 12.4. The highest BCUT2D eigenvalue weighted by atomic mass is 16.6. The summed E-state index contributed by atoms with van der Waals surface area (Å²) in [5.74, 6) is -0.320. The second-order valence-corrected chi connectivity index (χ2v) is 5.49. The number of anilines is 1. The highest BCUT2D eigenvalue weighted by Crippen LogP contribution is 2.16. The minimum Gasteiger partial charge on any atom is -0.378 e. The average Bonchev–Trinajstić information content (AvgIpc) is 3.21. The number of nitrogens with one attached hydrogen (secondary N) is 1. The Kier molecular flexibility index (Phi) is 4.94. The van der Waals surface area contributed by atoms with Gasteiger partial charge in [0.1, 0.15) is 0 Å². The molecule has 0 bridgehead atoms. The van der Waals surface area contributed by atoms with Crippen LogP contribution in [-0.4, -0.2) is 61.4 Å². The summed E-state index contributed by atoms with van der Waals surface area (Å²) in [6.07, 6.45) is 4.75. The third-order valence-corrected chi connectivity index (χ3v) is 3.23. The molecule has 3 aromatic heterocycles. The third kappa shape index (κ3) is 3.70. The minimum absolute atomic E-state index is 0.0394. The van der Waals surface area contributed by atoms with E-state index in [-0.39, 0.29) is 17.3 Å². The summed E-state index contributed by atoms with van der Waals surface area (Å²) in [5.41, 5.74) is 9.47. The molecule has 12 heteroatoms. The van der Waals surface area contributed by atoms with E-state index in [1.54, 1.807) is 24.5 Å². The van der Waals surface area contributed by atoms with Gasteiger partial charge in [0.2, 0.25) is 11.6 Å². The Hall–Kier alpha value is -3.67. The van der Waals surface area contributed by atoms with E-state index in [1.165, 1.54) is 10.9 Å². The zero-order valence-corrected chi connectivity index (χ0v) is 14.1. The van der Waals surface area contributed by atoms with Gasteiger partial charge in [-0.1, -0.05) is 5.21 Å². The Morgan fingerprint density at radius 3 is 2.81 bits per heavy atom. The van der Waals surface area contributed by atoms with Crippen molar-refractivity contribution in [2.24, 2.45) is 5.10 Å². The van der Waals surface area contributed by atoms with E-state index < -0.39 is 5.91 Å². The summed E-state index contributed by atoms with van der Waals surface area (Å²) in [5, 5.41) is 19.0. The first kappa shape index (κ1) is 17.2. The maximum absolute atomic E-state index is 12.4. The number of nitrogens with zero attached hydrogens (tertiary/aromatic N) is 8. The zero-order chi connectivity index (χ0) is 18.5. The van der Waals surface area contributed by atoms with Crippen molar-refractivity contribution in [2.75, 3.05) is 19.8 Å². The monoisotopic (exact) mass is 356 g/mol. The summed E-state index contributed by atoms with van der Waals surface area (Å²) in [6.45, 7) is 0.357. The SMILES string of the molecule is CN(C)Cc1c(C(=O)NN=Cc2ccncc2)nnn1-c1nonc1N. The van der Waals surface area contributed by atoms with Crippen LogP contribution >= 0.6 is 0 Å². The van der Waals surface area contributed by atoms with E-state index in [2.05, 4.69) is 40.8 Å². The molecule has 0 aliphatic heterocycles. The summed E-state index contributed by atoms with van der Waals surface area (Å²) >= 11 is 0. The fraction of sp³-hybridized carbons (Fsp3) is 0.214. The van der Waals surface area contributed by atoms with Crippen molar-refractivity contribution in [3.8, 4) is 5.82 Å². The molecule has 0 spiro atoms. The number of hydrazone groups is 1. The first-order valence-electron chi connectivity index (χ1n) is 7.47. The van der Waals surface area contributed by atoms with E-state index in [1.807, 2.05) is 19.0 Å². The summed E-state index contributed by atoms with van der Waals surface area (Å²) in [7, 11) is 3.68. The zero-order valence-electron chi connectivity index (χ0n) is 14.1. The van der Waals surface area contributed by atoms with Crippen molar-refractivity contribution in [2.45, 2.75) is 6.54 Å². The van der Waals surface area contributed by atoms with Gasteiger partial charge in [-0.3, -0.25) is 9.78 Å². The number of hydrogen-bond acceptors (Lipinski definition) is 10. The smallest absolute Gasteiger partial charge is 0.293 e. The fourth-order valence-electron chi connectivity index (χ4n) is 2.10. The number of nitrogens with two attached hydrogens (primary N) is 1. The van der Waals surface area contributed by atoms with Gasteiger partial charge in [0.05, 0.1) is 11.9 Å². The lowest BCUT2D eigenvalue weighted by molar-refractivity contribution is 0.0948. The van der Waals surface area contributed by atoms with Gasteiger partial charge in [-0.25, -0.2) is 10.1 Å². The van der Waals surface area contributed by atoms with Gasteiger partial charge in [0.25, 0.3) is 5.91 Å². The number of carbonyl (C=O) groups is 1. The summed E-state index contributed by atoms with van der Waals surface area (Å²) in [6, 6.07) is 3.51. The molecule has 0 aliphatic rings. The molecular formula is C14H16N10O2. The quantitative estimate of drug-likeness (QED) is 0.437. The standard InChI is InChI=1S/C14H16N10O2/c1-23(2)8-10-11(18-22-24(10)13-12(15)20-26-21-13)14(25)19-17-7-9-3-5-16-6-4-9/h3-7H,8H2,1-2H3,(H2,15,20)(H,19,25). The maximum Gasteiger partial charge on any atom is 0.293 e.